The van der Waals surface area contributed by atoms with Crippen molar-refractivity contribution in [3.8, 4) is 0 Å². The maximum atomic E-state index is 13.2. The number of aryl methyl sites for hydroxylation is 1. The van der Waals surface area contributed by atoms with Crippen molar-refractivity contribution in [2.45, 2.75) is 13.3 Å². The highest BCUT2D eigenvalue weighted by Crippen LogP contribution is 2.22. The van der Waals surface area contributed by atoms with E-state index in [-0.39, 0.29) is 11.7 Å². The molecule has 1 aliphatic rings. The monoisotopic (exact) mass is 287 g/mol. The molecule has 1 atom stereocenters. The van der Waals surface area contributed by atoms with Crippen molar-refractivity contribution in [1.82, 2.24) is 9.88 Å². The third-order valence-corrected chi connectivity index (χ3v) is 4.11. The summed E-state index contributed by atoms with van der Waals surface area (Å²) >= 11 is 0. The lowest BCUT2D eigenvalue weighted by Gasteiger charge is -2.17. The molecule has 2 N–H and O–H groups in total. The van der Waals surface area contributed by atoms with Gasteiger partial charge in [0.15, 0.2) is 0 Å². The molecule has 0 radical (unpaired) electrons. The molecule has 2 aromatic rings. The van der Waals surface area contributed by atoms with Gasteiger partial charge < -0.3 is 10.6 Å². The van der Waals surface area contributed by atoms with Gasteiger partial charge in [-0.25, -0.2) is 4.39 Å². The van der Waals surface area contributed by atoms with Crippen LogP contribution < -0.4 is 5.73 Å². The Morgan fingerprint density at radius 2 is 2.29 bits per heavy atom. The fourth-order valence-corrected chi connectivity index (χ4v) is 2.83. The summed E-state index contributed by atoms with van der Waals surface area (Å²) in [7, 11) is 0. The molecule has 5 heteroatoms. The van der Waals surface area contributed by atoms with Crippen LogP contribution in [0.25, 0.3) is 10.9 Å². The second kappa shape index (κ2) is 5.41. The van der Waals surface area contributed by atoms with E-state index in [1.807, 2.05) is 4.90 Å². The summed E-state index contributed by atoms with van der Waals surface area (Å²) in [6.07, 6.45) is 0.952. The number of halogens is 1. The molecule has 0 saturated carbocycles. The number of hydrogen-bond acceptors (Lipinski definition) is 3. The van der Waals surface area contributed by atoms with Crippen molar-refractivity contribution in [3.63, 3.8) is 0 Å². The quantitative estimate of drug-likeness (QED) is 0.920. The first kappa shape index (κ1) is 13.9. The number of aromatic nitrogens is 1. The van der Waals surface area contributed by atoms with Gasteiger partial charge >= 0.3 is 0 Å². The number of amides is 1. The third kappa shape index (κ3) is 2.61. The molecule has 3 rings (SSSR count). The van der Waals surface area contributed by atoms with Crippen molar-refractivity contribution >= 4 is 16.8 Å². The number of likely N-dealkylation sites (tertiary alicyclic amines) is 1. The average Bonchev–Trinajstić information content (AvgIpc) is 2.94. The van der Waals surface area contributed by atoms with E-state index in [4.69, 9.17) is 5.73 Å². The number of nitrogens with zero attached hydrogens (tertiary/aromatic N) is 2. The van der Waals surface area contributed by atoms with Crippen LogP contribution in [0.2, 0.25) is 0 Å². The molecule has 1 unspecified atom stereocenters. The topological polar surface area (TPSA) is 59.2 Å². The molecule has 110 valence electrons. The zero-order valence-corrected chi connectivity index (χ0v) is 12.0. The number of carbonyl (C=O) groups excluding carboxylic acids is 1. The van der Waals surface area contributed by atoms with Crippen LogP contribution in [0.3, 0.4) is 0 Å². The summed E-state index contributed by atoms with van der Waals surface area (Å²) < 4.78 is 13.2. The summed E-state index contributed by atoms with van der Waals surface area (Å²) in [5.74, 6) is 0.0535. The van der Waals surface area contributed by atoms with E-state index >= 15 is 0 Å². The molecule has 4 nitrogen and oxygen atoms in total. The molecule has 1 fully saturated rings. The maximum Gasteiger partial charge on any atom is 0.255 e. The SMILES string of the molecule is Cc1nc2cc(F)ccc2cc1C(=O)N1CCC(CN)C1. The molecule has 0 spiro atoms. The normalized spacial score (nSPS) is 18.4. The summed E-state index contributed by atoms with van der Waals surface area (Å²) in [6, 6.07) is 6.22. The minimum Gasteiger partial charge on any atom is -0.338 e. The number of carbonyl (C=O) groups is 1. The van der Waals surface area contributed by atoms with Crippen molar-refractivity contribution < 1.29 is 9.18 Å². The second-order valence-corrected chi connectivity index (χ2v) is 5.60. The standard InChI is InChI=1S/C16H18FN3O/c1-10-14(16(21)20-5-4-11(8-18)9-20)6-12-2-3-13(17)7-15(12)19-10/h2-3,6-7,11H,4-5,8-9,18H2,1H3. The van der Waals surface area contributed by atoms with Crippen LogP contribution in [-0.4, -0.2) is 35.4 Å². The van der Waals surface area contributed by atoms with Gasteiger partial charge in [-0.15, -0.1) is 0 Å². The number of nitrogens with two attached hydrogens (primary N) is 1. The Morgan fingerprint density at radius 1 is 1.48 bits per heavy atom. The van der Waals surface area contributed by atoms with Gasteiger partial charge in [-0.1, -0.05) is 0 Å². The van der Waals surface area contributed by atoms with Gasteiger partial charge in [0.2, 0.25) is 0 Å². The second-order valence-electron chi connectivity index (χ2n) is 5.60. The average molecular weight is 287 g/mol. The van der Waals surface area contributed by atoms with Crippen molar-refractivity contribution in [2.75, 3.05) is 19.6 Å². The Morgan fingerprint density at radius 3 is 3.00 bits per heavy atom. The van der Waals surface area contributed by atoms with E-state index < -0.39 is 0 Å². The largest absolute Gasteiger partial charge is 0.338 e. The van der Waals surface area contributed by atoms with E-state index in [0.717, 1.165) is 18.4 Å². The molecule has 1 amide bonds. The summed E-state index contributed by atoms with van der Waals surface area (Å²) in [5.41, 5.74) is 7.47. The number of hydrogen-bond donors (Lipinski definition) is 1. The molecule has 21 heavy (non-hydrogen) atoms. The highest BCUT2D eigenvalue weighted by Gasteiger charge is 2.27. The lowest BCUT2D eigenvalue weighted by molar-refractivity contribution is 0.0786. The first-order chi connectivity index (χ1) is 10.1. The molecular weight excluding hydrogens is 269 g/mol. The summed E-state index contributed by atoms with van der Waals surface area (Å²) in [6.45, 7) is 3.84. The Kier molecular flexibility index (Phi) is 3.59. The van der Waals surface area contributed by atoms with Crippen molar-refractivity contribution in [1.29, 1.82) is 0 Å². The lowest BCUT2D eigenvalue weighted by Crippen LogP contribution is -2.30. The minimum absolute atomic E-state index is 0.0119. The van der Waals surface area contributed by atoms with Gasteiger partial charge in [-0.05, 0) is 44.0 Å². The van der Waals surface area contributed by atoms with Crippen molar-refractivity contribution in [2.24, 2.45) is 11.7 Å². The number of pyridine rings is 1. The Balaban J connectivity index is 1.95. The highest BCUT2D eigenvalue weighted by atomic mass is 19.1. The van der Waals surface area contributed by atoms with E-state index in [1.165, 1.54) is 12.1 Å². The van der Waals surface area contributed by atoms with E-state index in [0.29, 0.717) is 35.8 Å². The summed E-state index contributed by atoms with van der Waals surface area (Å²) in [5, 5.41) is 0.778. The third-order valence-electron chi connectivity index (χ3n) is 4.11. The number of fused-ring (bicyclic) bond motifs is 1. The summed E-state index contributed by atoms with van der Waals surface area (Å²) in [4.78, 5) is 18.8. The zero-order valence-electron chi connectivity index (χ0n) is 12.0. The molecule has 2 heterocycles. The fourth-order valence-electron chi connectivity index (χ4n) is 2.83. The lowest BCUT2D eigenvalue weighted by atomic mass is 10.1. The first-order valence-electron chi connectivity index (χ1n) is 7.14. The van der Waals surface area contributed by atoms with Crippen LogP contribution in [0, 0.1) is 18.7 Å². The van der Waals surface area contributed by atoms with Gasteiger partial charge in [0.25, 0.3) is 5.91 Å². The molecule has 1 aromatic carbocycles. The molecule has 1 aromatic heterocycles. The zero-order chi connectivity index (χ0) is 15.0. The first-order valence-corrected chi connectivity index (χ1v) is 7.14. The number of rotatable bonds is 2. The van der Waals surface area contributed by atoms with Crippen LogP contribution in [0.15, 0.2) is 24.3 Å². The van der Waals surface area contributed by atoms with Gasteiger partial charge in [-0.2, -0.15) is 0 Å². The van der Waals surface area contributed by atoms with Crippen LogP contribution in [0.1, 0.15) is 22.5 Å². The highest BCUT2D eigenvalue weighted by molar-refractivity contribution is 5.98. The van der Waals surface area contributed by atoms with Crippen molar-refractivity contribution in [3.05, 3.63) is 41.3 Å². The Labute approximate surface area is 122 Å². The van der Waals surface area contributed by atoms with Gasteiger partial charge in [0.05, 0.1) is 16.8 Å². The molecular formula is C16H18FN3O. The van der Waals surface area contributed by atoms with Crippen LogP contribution >= 0.6 is 0 Å². The van der Waals surface area contributed by atoms with Gasteiger partial charge in [-0.3, -0.25) is 9.78 Å². The minimum atomic E-state index is -0.321. The number of benzene rings is 1. The van der Waals surface area contributed by atoms with Gasteiger partial charge in [0, 0.05) is 24.5 Å². The van der Waals surface area contributed by atoms with Crippen LogP contribution in [-0.2, 0) is 0 Å². The molecule has 1 saturated heterocycles. The van der Waals surface area contributed by atoms with Gasteiger partial charge in [0.1, 0.15) is 5.82 Å². The maximum absolute atomic E-state index is 13.2. The van der Waals surface area contributed by atoms with Crippen LogP contribution in [0.4, 0.5) is 4.39 Å². The molecule has 0 bridgehead atoms. The van der Waals surface area contributed by atoms with Crippen LogP contribution in [0.5, 0.6) is 0 Å². The smallest absolute Gasteiger partial charge is 0.255 e. The molecule has 0 aliphatic carbocycles. The Hall–Kier alpha value is -2.01. The Bertz CT molecular complexity index is 701. The predicted octanol–water partition coefficient (Wildman–Crippen LogP) is 2.10. The van der Waals surface area contributed by atoms with E-state index in [9.17, 15) is 9.18 Å². The predicted molar refractivity (Wildman–Crippen MR) is 79.5 cm³/mol. The van der Waals surface area contributed by atoms with E-state index in [2.05, 4.69) is 4.98 Å². The molecule has 1 aliphatic heterocycles. The fraction of sp³-hybridized carbons (Fsp3) is 0.375. The van der Waals surface area contributed by atoms with E-state index in [1.54, 1.807) is 19.1 Å².